The fourth-order valence-electron chi connectivity index (χ4n) is 4.24. The van der Waals surface area contributed by atoms with E-state index in [4.69, 9.17) is 0 Å². The number of benzene rings is 1. The summed E-state index contributed by atoms with van der Waals surface area (Å²) in [4.78, 5) is 38.3. The van der Waals surface area contributed by atoms with E-state index in [0.717, 1.165) is 13.1 Å². The number of carbonyl (C=O) groups is 2. The van der Waals surface area contributed by atoms with Crippen molar-refractivity contribution in [2.45, 2.75) is 38.1 Å². The maximum atomic E-state index is 13.1. The van der Waals surface area contributed by atoms with Gasteiger partial charge in [-0.3, -0.25) is 14.5 Å². The zero-order valence-electron chi connectivity index (χ0n) is 16.6. The highest BCUT2D eigenvalue weighted by Gasteiger charge is 2.29. The summed E-state index contributed by atoms with van der Waals surface area (Å²) in [5.74, 6) is -0.270. The first-order valence-electron chi connectivity index (χ1n) is 10.4. The van der Waals surface area contributed by atoms with Crippen molar-refractivity contribution >= 4 is 17.6 Å². The van der Waals surface area contributed by atoms with Gasteiger partial charge >= 0.3 is 0 Å². The summed E-state index contributed by atoms with van der Waals surface area (Å²) in [5, 5.41) is 2.74. The fourth-order valence-corrected chi connectivity index (χ4v) is 4.24. The van der Waals surface area contributed by atoms with Crippen LogP contribution in [-0.2, 0) is 0 Å². The van der Waals surface area contributed by atoms with Crippen molar-refractivity contribution in [3.05, 3.63) is 54.0 Å². The van der Waals surface area contributed by atoms with Gasteiger partial charge in [0.2, 0.25) is 0 Å². The van der Waals surface area contributed by atoms with E-state index in [9.17, 15) is 9.59 Å². The third-order valence-corrected chi connectivity index (χ3v) is 5.86. The molecule has 0 spiro atoms. The predicted octanol–water partition coefficient (Wildman–Crippen LogP) is 2.82. The number of carbonyl (C=O) groups excluding carboxylic acids is 2. The van der Waals surface area contributed by atoms with Gasteiger partial charge in [-0.25, -0.2) is 9.97 Å². The maximum Gasteiger partial charge on any atom is 0.276 e. The lowest BCUT2D eigenvalue weighted by molar-refractivity contribution is 0.0519. The molecule has 7 nitrogen and oxygen atoms in total. The summed E-state index contributed by atoms with van der Waals surface area (Å²) in [6.07, 6.45) is 9.49. The number of nitrogens with zero attached hydrogens (tertiary/aromatic N) is 4. The van der Waals surface area contributed by atoms with Crippen molar-refractivity contribution in [2.24, 2.45) is 0 Å². The lowest BCUT2D eigenvalue weighted by atomic mass is 9.94. The van der Waals surface area contributed by atoms with E-state index in [-0.39, 0.29) is 23.3 Å². The first-order chi connectivity index (χ1) is 14.2. The monoisotopic (exact) mass is 393 g/mol. The van der Waals surface area contributed by atoms with Crippen molar-refractivity contribution in [2.75, 3.05) is 31.5 Å². The molecule has 1 saturated heterocycles. The van der Waals surface area contributed by atoms with Gasteiger partial charge < -0.3 is 10.2 Å². The molecule has 1 aliphatic carbocycles. The third-order valence-electron chi connectivity index (χ3n) is 5.86. The third kappa shape index (κ3) is 4.62. The smallest absolute Gasteiger partial charge is 0.276 e. The van der Waals surface area contributed by atoms with Crippen LogP contribution in [-0.4, -0.2) is 63.8 Å². The second-order valence-corrected chi connectivity index (χ2v) is 7.69. The molecule has 2 aliphatic rings. The van der Waals surface area contributed by atoms with Gasteiger partial charge in [-0.15, -0.1) is 0 Å². The molecule has 1 aromatic heterocycles. The van der Waals surface area contributed by atoms with E-state index < -0.39 is 0 Å². The van der Waals surface area contributed by atoms with Crippen LogP contribution in [0.3, 0.4) is 0 Å². The number of hydrogen-bond acceptors (Lipinski definition) is 5. The highest BCUT2D eigenvalue weighted by molar-refractivity contribution is 6.07. The van der Waals surface area contributed by atoms with Crippen molar-refractivity contribution in [1.29, 1.82) is 0 Å². The predicted molar refractivity (Wildman–Crippen MR) is 111 cm³/mol. The molecule has 1 saturated carbocycles. The molecule has 152 valence electrons. The second-order valence-electron chi connectivity index (χ2n) is 7.69. The van der Waals surface area contributed by atoms with Crippen LogP contribution in [0.2, 0.25) is 0 Å². The molecular formula is C22H27N5O2. The standard InChI is InChI=1S/C22H27N5O2/c28-21(17-7-3-1-4-8-17)25-20-19(23-11-12-24-20)22(29)27-15-13-26(14-16-27)18-9-5-2-6-10-18/h1,3-4,7-8,11-12,18H,2,5-6,9-10,13-16H2,(H,24,25,28). The molecule has 0 atom stereocenters. The molecule has 2 amide bonds. The molecule has 29 heavy (non-hydrogen) atoms. The number of rotatable bonds is 4. The topological polar surface area (TPSA) is 78.4 Å². The maximum absolute atomic E-state index is 13.1. The van der Waals surface area contributed by atoms with E-state index in [2.05, 4.69) is 20.2 Å². The van der Waals surface area contributed by atoms with Crippen molar-refractivity contribution in [3.63, 3.8) is 0 Å². The molecular weight excluding hydrogens is 366 g/mol. The highest BCUT2D eigenvalue weighted by atomic mass is 16.2. The zero-order valence-corrected chi connectivity index (χ0v) is 16.6. The minimum atomic E-state index is -0.303. The Labute approximate surface area is 171 Å². The normalized spacial score (nSPS) is 18.4. The van der Waals surface area contributed by atoms with Crippen LogP contribution in [0.4, 0.5) is 5.82 Å². The SMILES string of the molecule is O=C(Nc1nccnc1C(=O)N1CCN(C2CCCCC2)CC1)c1ccccc1. The van der Waals surface area contributed by atoms with E-state index in [1.54, 1.807) is 24.3 Å². The first-order valence-corrected chi connectivity index (χ1v) is 10.4. The molecule has 0 radical (unpaired) electrons. The lowest BCUT2D eigenvalue weighted by Gasteiger charge is -2.40. The first kappa shape index (κ1) is 19.5. The molecule has 0 bridgehead atoms. The average Bonchev–Trinajstić information content (AvgIpc) is 2.80. The van der Waals surface area contributed by atoms with Gasteiger partial charge in [0.25, 0.3) is 11.8 Å². The van der Waals surface area contributed by atoms with Gasteiger partial charge in [-0.2, -0.15) is 0 Å². The van der Waals surface area contributed by atoms with E-state index in [1.807, 2.05) is 11.0 Å². The minimum Gasteiger partial charge on any atom is -0.335 e. The van der Waals surface area contributed by atoms with Crippen molar-refractivity contribution in [3.8, 4) is 0 Å². The van der Waals surface area contributed by atoms with Gasteiger partial charge in [-0.05, 0) is 25.0 Å². The Morgan fingerprint density at radius 3 is 2.31 bits per heavy atom. The largest absolute Gasteiger partial charge is 0.335 e. The van der Waals surface area contributed by atoms with Crippen LogP contribution < -0.4 is 5.32 Å². The van der Waals surface area contributed by atoms with Crippen LogP contribution >= 0.6 is 0 Å². The summed E-state index contributed by atoms with van der Waals surface area (Å²) in [7, 11) is 0. The average molecular weight is 393 g/mol. The Balaban J connectivity index is 1.41. The second kappa shape index (κ2) is 9.13. The summed E-state index contributed by atoms with van der Waals surface area (Å²) in [6, 6.07) is 9.54. The minimum absolute atomic E-state index is 0.176. The molecule has 2 fully saturated rings. The summed E-state index contributed by atoms with van der Waals surface area (Å²) < 4.78 is 0. The number of amides is 2. The summed E-state index contributed by atoms with van der Waals surface area (Å²) >= 11 is 0. The summed E-state index contributed by atoms with van der Waals surface area (Å²) in [5.41, 5.74) is 0.709. The van der Waals surface area contributed by atoms with E-state index in [0.29, 0.717) is 24.7 Å². The molecule has 2 aromatic rings. The quantitative estimate of drug-likeness (QED) is 0.864. The number of piperazine rings is 1. The van der Waals surface area contributed by atoms with Crippen LogP contribution in [0.5, 0.6) is 0 Å². The Bertz CT molecular complexity index is 843. The molecule has 4 rings (SSSR count). The van der Waals surface area contributed by atoms with E-state index >= 15 is 0 Å². The number of aromatic nitrogens is 2. The van der Waals surface area contributed by atoms with Gasteiger partial charge in [-0.1, -0.05) is 37.5 Å². The molecule has 1 aliphatic heterocycles. The zero-order chi connectivity index (χ0) is 20.1. The van der Waals surface area contributed by atoms with Gasteiger partial charge in [0.1, 0.15) is 0 Å². The Kier molecular flexibility index (Phi) is 6.14. The molecule has 2 heterocycles. The van der Waals surface area contributed by atoms with Crippen LogP contribution in [0.25, 0.3) is 0 Å². The Morgan fingerprint density at radius 2 is 1.59 bits per heavy atom. The summed E-state index contributed by atoms with van der Waals surface area (Å²) in [6.45, 7) is 3.14. The number of hydrogen-bond donors (Lipinski definition) is 1. The Morgan fingerprint density at radius 1 is 0.897 bits per heavy atom. The van der Waals surface area contributed by atoms with Crippen molar-refractivity contribution in [1.82, 2.24) is 19.8 Å². The van der Waals surface area contributed by atoms with E-state index in [1.165, 1.54) is 44.5 Å². The molecule has 1 N–H and O–H groups in total. The molecule has 7 heteroatoms. The molecule has 1 aromatic carbocycles. The number of nitrogens with one attached hydrogen (secondary N) is 1. The fraction of sp³-hybridized carbons (Fsp3) is 0.455. The van der Waals surface area contributed by atoms with Crippen LogP contribution in [0.15, 0.2) is 42.7 Å². The van der Waals surface area contributed by atoms with Gasteiger partial charge in [0.15, 0.2) is 11.5 Å². The lowest BCUT2D eigenvalue weighted by Crippen LogP contribution is -2.52. The van der Waals surface area contributed by atoms with Gasteiger partial charge in [0.05, 0.1) is 0 Å². The molecule has 0 unspecified atom stereocenters. The highest BCUT2D eigenvalue weighted by Crippen LogP contribution is 2.24. The van der Waals surface area contributed by atoms with Crippen molar-refractivity contribution < 1.29 is 9.59 Å². The Hall–Kier alpha value is -2.80. The van der Waals surface area contributed by atoms with Gasteiger partial charge in [0, 0.05) is 50.2 Å². The number of anilines is 1. The van der Waals surface area contributed by atoms with Crippen LogP contribution in [0.1, 0.15) is 53.0 Å². The van der Waals surface area contributed by atoms with Crippen LogP contribution in [0, 0.1) is 0 Å².